The molecule has 0 aliphatic rings. The number of nitrogens with one attached hydrogen (secondary N) is 1. The summed E-state index contributed by atoms with van der Waals surface area (Å²) in [6.07, 6.45) is 0. The highest BCUT2D eigenvalue weighted by molar-refractivity contribution is 7.15. The van der Waals surface area contributed by atoms with Crippen LogP contribution >= 0.6 is 11.3 Å². The largest absolute Gasteiger partial charge is 0.477 e. The number of carboxylic acid groups (broad SMARTS) is 1. The number of aryl methyl sites for hydroxylation is 1. The second-order valence-electron chi connectivity index (χ2n) is 3.88. The standard InChI is InChI=1S/C13H10FNO3S/c1-7-6-8(14)2-3-9(7)15-12(16)10-4-5-11(19-10)13(17)18/h2-6H,1H3,(H,15,16)(H,17,18). The Labute approximate surface area is 112 Å². The Bertz CT molecular complexity index is 651. The summed E-state index contributed by atoms with van der Waals surface area (Å²) in [6.45, 7) is 1.68. The summed E-state index contributed by atoms with van der Waals surface area (Å²) < 4.78 is 12.9. The average molecular weight is 279 g/mol. The highest BCUT2D eigenvalue weighted by Crippen LogP contribution is 2.20. The third-order valence-corrected chi connectivity index (χ3v) is 3.55. The molecule has 4 nitrogen and oxygen atoms in total. The Morgan fingerprint density at radius 2 is 1.89 bits per heavy atom. The lowest BCUT2D eigenvalue weighted by molar-refractivity contribution is 0.0702. The van der Waals surface area contributed by atoms with E-state index in [1.54, 1.807) is 6.92 Å². The summed E-state index contributed by atoms with van der Waals surface area (Å²) in [5, 5.41) is 11.4. The minimum Gasteiger partial charge on any atom is -0.477 e. The topological polar surface area (TPSA) is 66.4 Å². The molecule has 2 N–H and O–H groups in total. The monoisotopic (exact) mass is 279 g/mol. The van der Waals surface area contributed by atoms with E-state index in [1.165, 1.54) is 30.3 Å². The fraction of sp³-hybridized carbons (Fsp3) is 0.0769. The van der Waals surface area contributed by atoms with E-state index in [4.69, 9.17) is 5.11 Å². The van der Waals surface area contributed by atoms with E-state index >= 15 is 0 Å². The first-order valence-electron chi connectivity index (χ1n) is 5.38. The second kappa shape index (κ2) is 5.19. The van der Waals surface area contributed by atoms with Crippen LogP contribution in [0.4, 0.5) is 10.1 Å². The van der Waals surface area contributed by atoms with Crippen LogP contribution in [-0.4, -0.2) is 17.0 Å². The molecule has 0 atom stereocenters. The van der Waals surface area contributed by atoms with Gasteiger partial charge in [0, 0.05) is 5.69 Å². The molecule has 1 amide bonds. The van der Waals surface area contributed by atoms with Crippen molar-refractivity contribution in [2.75, 3.05) is 5.32 Å². The van der Waals surface area contributed by atoms with Gasteiger partial charge in [-0.25, -0.2) is 9.18 Å². The molecular weight excluding hydrogens is 269 g/mol. The van der Waals surface area contributed by atoms with Crippen LogP contribution in [0.1, 0.15) is 24.9 Å². The first-order chi connectivity index (χ1) is 8.97. The zero-order valence-electron chi connectivity index (χ0n) is 9.94. The van der Waals surface area contributed by atoms with E-state index in [2.05, 4.69) is 5.32 Å². The van der Waals surface area contributed by atoms with Gasteiger partial charge in [0.15, 0.2) is 0 Å². The van der Waals surface area contributed by atoms with Crippen LogP contribution in [0.3, 0.4) is 0 Å². The van der Waals surface area contributed by atoms with Crippen molar-refractivity contribution in [2.45, 2.75) is 6.92 Å². The lowest BCUT2D eigenvalue weighted by atomic mass is 10.2. The molecule has 0 bridgehead atoms. The van der Waals surface area contributed by atoms with Crippen molar-refractivity contribution in [3.05, 3.63) is 51.5 Å². The van der Waals surface area contributed by atoms with Crippen molar-refractivity contribution < 1.29 is 19.1 Å². The molecule has 1 heterocycles. The summed E-state index contributed by atoms with van der Waals surface area (Å²) in [7, 11) is 0. The van der Waals surface area contributed by atoms with Crippen molar-refractivity contribution in [2.24, 2.45) is 0 Å². The molecule has 6 heteroatoms. The summed E-state index contributed by atoms with van der Waals surface area (Å²) in [4.78, 5) is 23.0. The maximum absolute atomic E-state index is 12.9. The maximum Gasteiger partial charge on any atom is 0.345 e. The van der Waals surface area contributed by atoms with Gasteiger partial charge in [0.1, 0.15) is 10.7 Å². The number of halogens is 1. The summed E-state index contributed by atoms with van der Waals surface area (Å²) >= 11 is 0.892. The van der Waals surface area contributed by atoms with Gasteiger partial charge in [-0.3, -0.25) is 4.79 Å². The highest BCUT2D eigenvalue weighted by Gasteiger charge is 2.13. The molecule has 19 heavy (non-hydrogen) atoms. The summed E-state index contributed by atoms with van der Waals surface area (Å²) in [6, 6.07) is 6.85. The molecule has 0 fully saturated rings. The molecule has 0 aliphatic carbocycles. The fourth-order valence-electron chi connectivity index (χ4n) is 1.53. The van der Waals surface area contributed by atoms with Crippen LogP contribution in [-0.2, 0) is 0 Å². The third kappa shape index (κ3) is 2.97. The van der Waals surface area contributed by atoms with Gasteiger partial charge >= 0.3 is 5.97 Å². The van der Waals surface area contributed by atoms with Crippen LogP contribution in [0.25, 0.3) is 0 Å². The van der Waals surface area contributed by atoms with Gasteiger partial charge in [-0.1, -0.05) is 0 Å². The van der Waals surface area contributed by atoms with Gasteiger partial charge in [0.05, 0.1) is 4.88 Å². The van der Waals surface area contributed by atoms with Crippen LogP contribution in [0.5, 0.6) is 0 Å². The highest BCUT2D eigenvalue weighted by atomic mass is 32.1. The molecular formula is C13H10FNO3S. The molecule has 98 valence electrons. The van der Waals surface area contributed by atoms with E-state index < -0.39 is 11.9 Å². The Balaban J connectivity index is 2.18. The molecule has 0 saturated heterocycles. The lowest BCUT2D eigenvalue weighted by Crippen LogP contribution is -2.11. The van der Waals surface area contributed by atoms with Gasteiger partial charge in [-0.15, -0.1) is 11.3 Å². The van der Waals surface area contributed by atoms with E-state index in [-0.39, 0.29) is 10.7 Å². The summed E-state index contributed by atoms with van der Waals surface area (Å²) in [5.74, 6) is -1.85. The van der Waals surface area contributed by atoms with E-state index in [0.29, 0.717) is 16.1 Å². The van der Waals surface area contributed by atoms with E-state index in [1.807, 2.05) is 0 Å². The first kappa shape index (κ1) is 13.2. The minimum atomic E-state index is -1.07. The van der Waals surface area contributed by atoms with Crippen molar-refractivity contribution in [1.82, 2.24) is 0 Å². The number of hydrogen-bond donors (Lipinski definition) is 2. The normalized spacial score (nSPS) is 10.2. The van der Waals surface area contributed by atoms with Gasteiger partial charge in [-0.05, 0) is 42.8 Å². The number of benzene rings is 1. The molecule has 0 aliphatic heterocycles. The predicted molar refractivity (Wildman–Crippen MR) is 70.4 cm³/mol. The number of rotatable bonds is 3. The molecule has 0 radical (unpaired) electrons. The zero-order valence-corrected chi connectivity index (χ0v) is 10.8. The quantitative estimate of drug-likeness (QED) is 0.907. The number of aromatic carboxylic acids is 1. The van der Waals surface area contributed by atoms with Gasteiger partial charge in [-0.2, -0.15) is 0 Å². The third-order valence-electron chi connectivity index (χ3n) is 2.48. The van der Waals surface area contributed by atoms with Crippen LogP contribution in [0.2, 0.25) is 0 Å². The Morgan fingerprint density at radius 3 is 2.47 bits per heavy atom. The van der Waals surface area contributed by atoms with Crippen molar-refractivity contribution >= 4 is 28.9 Å². The zero-order chi connectivity index (χ0) is 14.0. The number of anilines is 1. The Kier molecular flexibility index (Phi) is 3.62. The average Bonchev–Trinajstić information content (AvgIpc) is 2.82. The van der Waals surface area contributed by atoms with Crippen LogP contribution in [0, 0.1) is 12.7 Å². The molecule has 0 unspecified atom stereocenters. The Morgan fingerprint density at radius 1 is 1.21 bits per heavy atom. The Hall–Kier alpha value is -2.21. The van der Waals surface area contributed by atoms with Gasteiger partial charge in [0.25, 0.3) is 5.91 Å². The molecule has 2 aromatic rings. The molecule has 0 saturated carbocycles. The SMILES string of the molecule is Cc1cc(F)ccc1NC(=O)c1ccc(C(=O)O)s1. The second-order valence-corrected chi connectivity index (χ2v) is 4.97. The van der Waals surface area contributed by atoms with E-state index in [0.717, 1.165) is 11.3 Å². The number of carbonyl (C=O) groups is 2. The van der Waals surface area contributed by atoms with Crippen molar-refractivity contribution in [3.8, 4) is 0 Å². The predicted octanol–water partition coefficient (Wildman–Crippen LogP) is 3.15. The van der Waals surface area contributed by atoms with Crippen molar-refractivity contribution in [1.29, 1.82) is 0 Å². The van der Waals surface area contributed by atoms with Crippen LogP contribution < -0.4 is 5.32 Å². The lowest BCUT2D eigenvalue weighted by Gasteiger charge is -2.06. The number of thiophene rings is 1. The smallest absolute Gasteiger partial charge is 0.345 e. The minimum absolute atomic E-state index is 0.0981. The van der Waals surface area contributed by atoms with Gasteiger partial charge < -0.3 is 10.4 Å². The molecule has 1 aromatic carbocycles. The number of hydrogen-bond acceptors (Lipinski definition) is 3. The van der Waals surface area contributed by atoms with Gasteiger partial charge in [0.2, 0.25) is 0 Å². The fourth-order valence-corrected chi connectivity index (χ4v) is 2.27. The number of carboxylic acids is 1. The molecule has 1 aromatic heterocycles. The van der Waals surface area contributed by atoms with Crippen LogP contribution in [0.15, 0.2) is 30.3 Å². The number of amides is 1. The maximum atomic E-state index is 12.9. The molecule has 0 spiro atoms. The number of carbonyl (C=O) groups excluding carboxylic acids is 1. The summed E-state index contributed by atoms with van der Waals surface area (Å²) in [5.41, 5.74) is 1.10. The molecule has 2 rings (SSSR count). The van der Waals surface area contributed by atoms with E-state index in [9.17, 15) is 14.0 Å². The van der Waals surface area contributed by atoms with Crippen molar-refractivity contribution in [3.63, 3.8) is 0 Å². The first-order valence-corrected chi connectivity index (χ1v) is 6.19.